The molecular formula is C21H30IN3O3. The van der Waals surface area contributed by atoms with Crippen molar-refractivity contribution in [1.82, 2.24) is 5.32 Å². The van der Waals surface area contributed by atoms with Gasteiger partial charge in [-0.15, -0.1) is 24.0 Å². The van der Waals surface area contributed by atoms with Gasteiger partial charge in [-0.25, -0.2) is 0 Å². The van der Waals surface area contributed by atoms with E-state index in [-0.39, 0.29) is 24.0 Å². The van der Waals surface area contributed by atoms with E-state index in [4.69, 9.17) is 14.2 Å². The molecule has 0 bridgehead atoms. The second-order valence-electron chi connectivity index (χ2n) is 5.91. The zero-order chi connectivity index (χ0) is 19.3. The minimum atomic E-state index is 0. The average molecular weight is 499 g/mol. The van der Waals surface area contributed by atoms with Crippen molar-refractivity contribution in [1.29, 1.82) is 0 Å². The van der Waals surface area contributed by atoms with Crippen LogP contribution in [0.4, 0.5) is 5.69 Å². The van der Waals surface area contributed by atoms with E-state index in [1.54, 1.807) is 21.3 Å². The predicted molar refractivity (Wildman–Crippen MR) is 126 cm³/mol. The maximum Gasteiger partial charge on any atom is 0.195 e. The van der Waals surface area contributed by atoms with Gasteiger partial charge < -0.3 is 24.8 Å². The van der Waals surface area contributed by atoms with Gasteiger partial charge in [-0.2, -0.15) is 0 Å². The molecule has 2 aromatic carbocycles. The van der Waals surface area contributed by atoms with Crippen LogP contribution in [0.25, 0.3) is 0 Å². The molecule has 0 aliphatic heterocycles. The molecule has 7 heteroatoms. The normalized spacial score (nSPS) is 10.8. The fourth-order valence-corrected chi connectivity index (χ4v) is 2.60. The van der Waals surface area contributed by atoms with Crippen LogP contribution >= 0.6 is 24.0 Å². The van der Waals surface area contributed by atoms with Crippen LogP contribution in [0.1, 0.15) is 12.0 Å². The Labute approximate surface area is 184 Å². The lowest BCUT2D eigenvalue weighted by atomic mass is 10.1. The molecule has 0 atom stereocenters. The maximum absolute atomic E-state index is 5.73. The van der Waals surface area contributed by atoms with Crippen LogP contribution < -0.4 is 20.1 Å². The number of nitrogens with zero attached hydrogens (tertiary/aromatic N) is 1. The number of hydrogen-bond acceptors (Lipinski definition) is 4. The van der Waals surface area contributed by atoms with Crippen LogP contribution in [0.5, 0.6) is 11.5 Å². The summed E-state index contributed by atoms with van der Waals surface area (Å²) in [4.78, 5) is 4.28. The topological polar surface area (TPSA) is 64.1 Å². The summed E-state index contributed by atoms with van der Waals surface area (Å²) in [5.74, 6) is 2.43. The molecule has 2 aromatic rings. The van der Waals surface area contributed by atoms with E-state index in [1.807, 2.05) is 42.5 Å². The summed E-state index contributed by atoms with van der Waals surface area (Å²) in [5.41, 5.74) is 2.08. The van der Waals surface area contributed by atoms with Gasteiger partial charge in [0.1, 0.15) is 11.5 Å². The zero-order valence-electron chi connectivity index (χ0n) is 16.7. The quantitative estimate of drug-likeness (QED) is 0.224. The fraction of sp³-hybridized carbons (Fsp3) is 0.381. The lowest BCUT2D eigenvalue weighted by molar-refractivity contribution is 0.172. The number of methoxy groups -OCH3 is 2. The van der Waals surface area contributed by atoms with Crippen LogP contribution in [-0.4, -0.2) is 47.0 Å². The minimum Gasteiger partial charge on any atom is -0.496 e. The third-order valence-corrected chi connectivity index (χ3v) is 3.96. The lowest BCUT2D eigenvalue weighted by Gasteiger charge is -2.14. The summed E-state index contributed by atoms with van der Waals surface area (Å²) in [6.45, 7) is 2.07. The minimum absolute atomic E-state index is 0. The van der Waals surface area contributed by atoms with Gasteiger partial charge in [-0.3, -0.25) is 4.99 Å². The summed E-state index contributed by atoms with van der Waals surface area (Å²) in [7, 11) is 5.14. The molecule has 0 aliphatic rings. The van der Waals surface area contributed by atoms with Gasteiger partial charge in [0.05, 0.1) is 13.7 Å². The van der Waals surface area contributed by atoms with Crippen molar-refractivity contribution in [2.45, 2.75) is 12.8 Å². The molecule has 154 valence electrons. The Hall–Kier alpha value is -2.00. The fourth-order valence-electron chi connectivity index (χ4n) is 2.60. The number of rotatable bonds is 10. The Morgan fingerprint density at radius 2 is 1.86 bits per heavy atom. The van der Waals surface area contributed by atoms with Gasteiger partial charge in [0, 0.05) is 45.5 Å². The molecule has 0 heterocycles. The average Bonchev–Trinajstić information content (AvgIpc) is 2.71. The van der Waals surface area contributed by atoms with Crippen molar-refractivity contribution in [2.24, 2.45) is 4.99 Å². The van der Waals surface area contributed by atoms with Crippen molar-refractivity contribution < 1.29 is 14.2 Å². The first-order valence-corrected chi connectivity index (χ1v) is 9.08. The Morgan fingerprint density at radius 1 is 1.04 bits per heavy atom. The Morgan fingerprint density at radius 3 is 2.61 bits per heavy atom. The molecule has 0 radical (unpaired) electrons. The van der Waals surface area contributed by atoms with Crippen molar-refractivity contribution in [3.05, 3.63) is 54.1 Å². The first-order valence-electron chi connectivity index (χ1n) is 9.08. The van der Waals surface area contributed by atoms with Gasteiger partial charge in [-0.1, -0.05) is 24.3 Å². The Bertz CT molecular complexity index is 726. The van der Waals surface area contributed by atoms with E-state index in [9.17, 15) is 0 Å². The summed E-state index contributed by atoms with van der Waals surface area (Å²) >= 11 is 0. The number of nitrogens with one attached hydrogen (secondary N) is 2. The van der Waals surface area contributed by atoms with Gasteiger partial charge in [0.15, 0.2) is 5.96 Å². The van der Waals surface area contributed by atoms with Crippen molar-refractivity contribution >= 4 is 35.6 Å². The van der Waals surface area contributed by atoms with E-state index in [1.165, 1.54) is 0 Å². The van der Waals surface area contributed by atoms with Crippen LogP contribution in [0.3, 0.4) is 0 Å². The number of ether oxygens (including phenoxy) is 3. The number of benzene rings is 2. The largest absolute Gasteiger partial charge is 0.496 e. The first kappa shape index (κ1) is 24.0. The second-order valence-corrected chi connectivity index (χ2v) is 5.91. The number of hydrogen-bond donors (Lipinski definition) is 2. The lowest BCUT2D eigenvalue weighted by Crippen LogP contribution is -2.32. The van der Waals surface area contributed by atoms with Crippen molar-refractivity contribution in [3.8, 4) is 11.5 Å². The van der Waals surface area contributed by atoms with Gasteiger partial charge in [0.2, 0.25) is 0 Å². The van der Waals surface area contributed by atoms with E-state index in [0.717, 1.165) is 42.1 Å². The standard InChI is InChI=1S/C21H29N3O3.HI/c1-22-21(23-13-12-17-8-4-5-11-20(17)26-3)24-18-9-6-10-19(16-18)27-15-7-14-25-2;/h4-6,8-11,16H,7,12-15H2,1-3H3,(H2,22,23,24);1H. The smallest absolute Gasteiger partial charge is 0.195 e. The number of halogens is 1. The number of aliphatic imine (C=N–C) groups is 1. The van der Waals surface area contributed by atoms with Crippen LogP contribution in [0.2, 0.25) is 0 Å². The van der Waals surface area contributed by atoms with Gasteiger partial charge >= 0.3 is 0 Å². The second kappa shape index (κ2) is 14.1. The van der Waals surface area contributed by atoms with Gasteiger partial charge in [0.25, 0.3) is 0 Å². The van der Waals surface area contributed by atoms with Crippen LogP contribution in [0, 0.1) is 0 Å². The summed E-state index contributed by atoms with van der Waals surface area (Å²) < 4.78 is 16.2. The highest BCUT2D eigenvalue weighted by atomic mass is 127. The molecule has 2 rings (SSSR count). The van der Waals surface area contributed by atoms with E-state index < -0.39 is 0 Å². The number of guanidine groups is 1. The van der Waals surface area contributed by atoms with E-state index >= 15 is 0 Å². The first-order chi connectivity index (χ1) is 13.3. The molecule has 0 saturated carbocycles. The SMILES string of the molecule is CN=C(NCCc1ccccc1OC)Nc1cccc(OCCCOC)c1.I. The molecule has 0 fully saturated rings. The predicted octanol–water partition coefficient (Wildman–Crippen LogP) is 3.96. The number of anilines is 1. The number of para-hydroxylation sites is 1. The van der Waals surface area contributed by atoms with Crippen molar-refractivity contribution in [3.63, 3.8) is 0 Å². The highest BCUT2D eigenvalue weighted by Gasteiger charge is 2.04. The van der Waals surface area contributed by atoms with Crippen LogP contribution in [-0.2, 0) is 11.2 Å². The van der Waals surface area contributed by atoms with E-state index in [0.29, 0.717) is 19.2 Å². The third-order valence-electron chi connectivity index (χ3n) is 3.96. The third kappa shape index (κ3) is 8.35. The molecule has 6 nitrogen and oxygen atoms in total. The maximum atomic E-state index is 5.73. The zero-order valence-corrected chi connectivity index (χ0v) is 19.1. The molecule has 0 unspecified atom stereocenters. The Kier molecular flexibility index (Phi) is 12.1. The van der Waals surface area contributed by atoms with Crippen molar-refractivity contribution in [2.75, 3.05) is 46.3 Å². The summed E-state index contributed by atoms with van der Waals surface area (Å²) in [6.07, 6.45) is 1.70. The molecule has 0 saturated heterocycles. The molecule has 0 spiro atoms. The molecule has 0 amide bonds. The highest BCUT2D eigenvalue weighted by molar-refractivity contribution is 14.0. The van der Waals surface area contributed by atoms with Crippen LogP contribution in [0.15, 0.2) is 53.5 Å². The highest BCUT2D eigenvalue weighted by Crippen LogP contribution is 2.18. The summed E-state index contributed by atoms with van der Waals surface area (Å²) in [5, 5.41) is 6.61. The van der Waals surface area contributed by atoms with Gasteiger partial charge in [-0.05, 0) is 30.2 Å². The molecule has 28 heavy (non-hydrogen) atoms. The molecule has 2 N–H and O–H groups in total. The molecule has 0 aromatic heterocycles. The molecule has 0 aliphatic carbocycles. The molecular weight excluding hydrogens is 469 g/mol. The monoisotopic (exact) mass is 499 g/mol. The van der Waals surface area contributed by atoms with E-state index in [2.05, 4.69) is 21.7 Å². The summed E-state index contributed by atoms with van der Waals surface area (Å²) in [6, 6.07) is 15.9. The Balaban J connectivity index is 0.00000392.